The molecule has 0 saturated heterocycles. The first-order valence-corrected chi connectivity index (χ1v) is 11.2. The lowest BCUT2D eigenvalue weighted by Crippen LogP contribution is -2.09. The number of sulfone groups is 1. The van der Waals surface area contributed by atoms with E-state index in [0.717, 1.165) is 29.0 Å². The van der Waals surface area contributed by atoms with Gasteiger partial charge >= 0.3 is 0 Å². The number of benzene rings is 2. The van der Waals surface area contributed by atoms with Gasteiger partial charge in [-0.1, -0.05) is 12.1 Å². The Bertz CT molecular complexity index is 1020. The third-order valence-electron chi connectivity index (χ3n) is 4.20. The molecule has 4 nitrogen and oxygen atoms in total. The Hall–Kier alpha value is -2.15. The van der Waals surface area contributed by atoms with Gasteiger partial charge in [0.1, 0.15) is 5.75 Å². The molecule has 0 aliphatic rings. The maximum Gasteiger partial charge on any atom is 0.175 e. The van der Waals surface area contributed by atoms with Crippen LogP contribution in [0.15, 0.2) is 59.5 Å². The fraction of sp³-hybridized carbons (Fsp3) is 0.238. The zero-order chi connectivity index (χ0) is 19.6. The average Bonchev–Trinajstić information content (AvgIpc) is 3.04. The highest BCUT2D eigenvalue weighted by atomic mass is 32.2. The van der Waals surface area contributed by atoms with Crippen LogP contribution in [-0.4, -0.2) is 40.8 Å². The third-order valence-corrected chi connectivity index (χ3v) is 6.50. The van der Waals surface area contributed by atoms with Crippen molar-refractivity contribution in [2.45, 2.75) is 11.4 Å². The zero-order valence-electron chi connectivity index (χ0n) is 15.9. The second-order valence-electron chi connectivity index (χ2n) is 6.72. The van der Waals surface area contributed by atoms with Crippen molar-refractivity contribution in [1.29, 1.82) is 0 Å². The van der Waals surface area contributed by atoms with Gasteiger partial charge in [-0.05, 0) is 67.7 Å². The van der Waals surface area contributed by atoms with Crippen molar-refractivity contribution in [3.63, 3.8) is 0 Å². The van der Waals surface area contributed by atoms with Crippen LogP contribution in [0.1, 0.15) is 4.88 Å². The van der Waals surface area contributed by atoms with Gasteiger partial charge in [0, 0.05) is 28.1 Å². The molecule has 0 unspecified atom stereocenters. The largest absolute Gasteiger partial charge is 0.497 e. The molecule has 0 bridgehead atoms. The third kappa shape index (κ3) is 4.58. The molecular weight excluding hydrogens is 378 g/mol. The van der Waals surface area contributed by atoms with E-state index in [1.807, 2.05) is 38.4 Å². The van der Waals surface area contributed by atoms with Crippen LogP contribution in [0.4, 0.5) is 0 Å². The summed E-state index contributed by atoms with van der Waals surface area (Å²) in [5.74, 6) is 0.822. The Balaban J connectivity index is 2.08. The molecule has 27 heavy (non-hydrogen) atoms. The van der Waals surface area contributed by atoms with Crippen molar-refractivity contribution < 1.29 is 13.2 Å². The monoisotopic (exact) mass is 401 g/mol. The maximum absolute atomic E-state index is 11.7. The Labute approximate surface area is 165 Å². The molecule has 0 radical (unpaired) electrons. The molecule has 0 spiro atoms. The summed E-state index contributed by atoms with van der Waals surface area (Å²) in [6.07, 6.45) is 1.23. The SMILES string of the molecule is COc1ccc(-c2sc(CN(C)C)cc2-c2ccc(S(C)(=O)=O)cc2)cc1. The predicted octanol–water partition coefficient (Wildman–Crippen LogP) is 4.56. The summed E-state index contributed by atoms with van der Waals surface area (Å²) in [4.78, 5) is 4.90. The number of methoxy groups -OCH3 is 1. The van der Waals surface area contributed by atoms with Crippen LogP contribution in [0.2, 0.25) is 0 Å². The van der Waals surface area contributed by atoms with E-state index in [1.165, 1.54) is 16.0 Å². The lowest BCUT2D eigenvalue weighted by Gasteiger charge is -2.07. The molecular formula is C21H23NO3S2. The topological polar surface area (TPSA) is 46.6 Å². The summed E-state index contributed by atoms with van der Waals surface area (Å²) in [5, 5.41) is 0. The molecule has 142 valence electrons. The van der Waals surface area contributed by atoms with Crippen molar-refractivity contribution in [3.05, 3.63) is 59.5 Å². The van der Waals surface area contributed by atoms with Crippen LogP contribution in [-0.2, 0) is 16.4 Å². The van der Waals surface area contributed by atoms with Crippen molar-refractivity contribution >= 4 is 21.2 Å². The first-order chi connectivity index (χ1) is 12.8. The van der Waals surface area contributed by atoms with Crippen LogP contribution in [0.5, 0.6) is 5.75 Å². The standard InChI is InChI=1S/C21H23NO3S2/c1-22(2)14-18-13-20(15-7-11-19(12-8-15)27(4,23)24)21(26-18)16-5-9-17(25-3)10-6-16/h5-13H,14H2,1-4H3. The minimum Gasteiger partial charge on any atom is -0.497 e. The lowest BCUT2D eigenvalue weighted by molar-refractivity contribution is 0.406. The van der Waals surface area contributed by atoms with Gasteiger partial charge in [-0.25, -0.2) is 8.42 Å². The lowest BCUT2D eigenvalue weighted by atomic mass is 10.0. The molecule has 0 atom stereocenters. The van der Waals surface area contributed by atoms with E-state index >= 15 is 0 Å². The highest BCUT2D eigenvalue weighted by molar-refractivity contribution is 7.90. The van der Waals surface area contributed by atoms with Crippen LogP contribution in [0, 0.1) is 0 Å². The van der Waals surface area contributed by atoms with Crippen LogP contribution in [0.3, 0.4) is 0 Å². The molecule has 1 aromatic heterocycles. The van der Waals surface area contributed by atoms with Crippen LogP contribution < -0.4 is 4.74 Å². The average molecular weight is 402 g/mol. The first kappa shape index (κ1) is 19.6. The normalized spacial score (nSPS) is 11.7. The van der Waals surface area contributed by atoms with E-state index in [1.54, 1.807) is 30.6 Å². The summed E-state index contributed by atoms with van der Waals surface area (Å²) in [7, 11) is 2.55. The summed E-state index contributed by atoms with van der Waals surface area (Å²) >= 11 is 1.76. The van der Waals surface area contributed by atoms with Gasteiger partial charge in [0.05, 0.1) is 12.0 Å². The van der Waals surface area contributed by atoms with Gasteiger partial charge < -0.3 is 9.64 Å². The Morgan fingerprint density at radius 1 is 0.963 bits per heavy atom. The summed E-state index contributed by atoms with van der Waals surface area (Å²) < 4.78 is 28.7. The summed E-state index contributed by atoms with van der Waals surface area (Å²) in [5.41, 5.74) is 3.24. The molecule has 0 amide bonds. The van der Waals surface area contributed by atoms with Gasteiger partial charge in [0.2, 0.25) is 0 Å². The van der Waals surface area contributed by atoms with E-state index in [9.17, 15) is 8.42 Å². The molecule has 0 N–H and O–H groups in total. The number of rotatable bonds is 6. The zero-order valence-corrected chi connectivity index (χ0v) is 17.5. The number of nitrogens with zero attached hydrogens (tertiary/aromatic N) is 1. The molecule has 0 aliphatic carbocycles. The van der Waals surface area contributed by atoms with E-state index in [2.05, 4.69) is 23.1 Å². The van der Waals surface area contributed by atoms with E-state index in [0.29, 0.717) is 4.90 Å². The molecule has 0 saturated carbocycles. The van der Waals surface area contributed by atoms with E-state index in [-0.39, 0.29) is 0 Å². The Morgan fingerprint density at radius 3 is 2.07 bits per heavy atom. The molecule has 6 heteroatoms. The maximum atomic E-state index is 11.7. The second-order valence-corrected chi connectivity index (χ2v) is 9.87. The minimum atomic E-state index is -3.20. The van der Waals surface area contributed by atoms with Crippen molar-refractivity contribution in [1.82, 2.24) is 4.90 Å². The number of ether oxygens (including phenoxy) is 1. The summed E-state index contributed by atoms with van der Waals surface area (Å²) in [6, 6.07) is 17.3. The fourth-order valence-electron chi connectivity index (χ4n) is 2.88. The Morgan fingerprint density at radius 2 is 1.56 bits per heavy atom. The van der Waals surface area contributed by atoms with Crippen molar-refractivity contribution in [3.8, 4) is 27.3 Å². The molecule has 2 aromatic carbocycles. The Kier molecular flexibility index (Phi) is 5.69. The summed E-state index contributed by atoms with van der Waals surface area (Å²) in [6.45, 7) is 0.856. The molecule has 0 fully saturated rings. The fourth-order valence-corrected chi connectivity index (χ4v) is 4.82. The predicted molar refractivity (Wildman–Crippen MR) is 112 cm³/mol. The molecule has 0 aliphatic heterocycles. The number of thiophene rings is 1. The highest BCUT2D eigenvalue weighted by Crippen LogP contribution is 2.40. The van der Waals surface area contributed by atoms with E-state index in [4.69, 9.17) is 4.74 Å². The molecule has 3 aromatic rings. The minimum absolute atomic E-state index is 0.334. The van der Waals surface area contributed by atoms with Crippen molar-refractivity contribution in [2.75, 3.05) is 27.5 Å². The first-order valence-electron chi connectivity index (χ1n) is 8.50. The molecule has 1 heterocycles. The number of hydrogen-bond acceptors (Lipinski definition) is 5. The van der Waals surface area contributed by atoms with Crippen molar-refractivity contribution in [2.24, 2.45) is 0 Å². The quantitative estimate of drug-likeness (QED) is 0.608. The highest BCUT2D eigenvalue weighted by Gasteiger charge is 2.15. The smallest absolute Gasteiger partial charge is 0.175 e. The van der Waals surface area contributed by atoms with Crippen LogP contribution in [0.25, 0.3) is 21.6 Å². The number of hydrogen-bond donors (Lipinski definition) is 0. The van der Waals surface area contributed by atoms with Gasteiger partial charge in [-0.3, -0.25) is 0 Å². The second kappa shape index (κ2) is 7.84. The van der Waals surface area contributed by atoms with Gasteiger partial charge in [-0.2, -0.15) is 0 Å². The van der Waals surface area contributed by atoms with Gasteiger partial charge in [-0.15, -0.1) is 11.3 Å². The van der Waals surface area contributed by atoms with Gasteiger partial charge in [0.15, 0.2) is 9.84 Å². The van der Waals surface area contributed by atoms with Crippen LogP contribution >= 0.6 is 11.3 Å². The molecule has 3 rings (SSSR count). The van der Waals surface area contributed by atoms with Gasteiger partial charge in [0.25, 0.3) is 0 Å². The van der Waals surface area contributed by atoms with E-state index < -0.39 is 9.84 Å².